The number of hydrogen-bond acceptors (Lipinski definition) is 5. The molecule has 27 heavy (non-hydrogen) atoms. The summed E-state index contributed by atoms with van der Waals surface area (Å²) in [6.07, 6.45) is 7.97. The molecule has 0 aliphatic carbocycles. The summed E-state index contributed by atoms with van der Waals surface area (Å²) in [5.74, 6) is 0. The van der Waals surface area contributed by atoms with Crippen LogP contribution in [0, 0.1) is 0 Å². The Morgan fingerprint density at radius 3 is 2.07 bits per heavy atom. The Balaban J connectivity index is 1.81. The first-order valence-electron chi connectivity index (χ1n) is 9.38. The molecule has 0 aromatic carbocycles. The second kappa shape index (κ2) is 8.91. The Kier molecular flexibility index (Phi) is 6.12. The van der Waals surface area contributed by atoms with Gasteiger partial charge in [0.1, 0.15) is 6.33 Å². The molecule has 138 valence electrons. The van der Waals surface area contributed by atoms with E-state index in [1.807, 2.05) is 11.3 Å². The van der Waals surface area contributed by atoms with E-state index in [9.17, 15) is 0 Å². The van der Waals surface area contributed by atoms with Crippen molar-refractivity contribution in [2.24, 2.45) is 0 Å². The Labute approximate surface area is 172 Å². The fraction of sp³-hybridized carbons (Fsp3) is 0.273. The van der Waals surface area contributed by atoms with Gasteiger partial charge in [0, 0.05) is 10.4 Å². The summed E-state index contributed by atoms with van der Waals surface area (Å²) >= 11 is 5.30. The summed E-state index contributed by atoms with van der Waals surface area (Å²) in [7, 11) is 0. The first-order chi connectivity index (χ1) is 13.4. The maximum Gasteiger partial charge on any atom is 0.116 e. The molecule has 0 N–H and O–H groups in total. The molecule has 0 radical (unpaired) electrons. The smallest absolute Gasteiger partial charge is 0.116 e. The fourth-order valence-electron chi connectivity index (χ4n) is 3.30. The summed E-state index contributed by atoms with van der Waals surface area (Å²) < 4.78 is 0. The molecule has 0 saturated carbocycles. The lowest BCUT2D eigenvalue weighted by molar-refractivity contribution is 0.668. The van der Waals surface area contributed by atoms with Crippen molar-refractivity contribution in [1.29, 1.82) is 0 Å². The molecule has 0 spiro atoms. The maximum absolute atomic E-state index is 4.71. The van der Waals surface area contributed by atoms with Gasteiger partial charge in [-0.2, -0.15) is 0 Å². The minimum atomic E-state index is 1.06. The van der Waals surface area contributed by atoms with Crippen LogP contribution in [0.15, 0.2) is 52.8 Å². The average Bonchev–Trinajstić information content (AvgIpc) is 3.47. The molecule has 0 bridgehead atoms. The van der Waals surface area contributed by atoms with Crippen molar-refractivity contribution < 1.29 is 0 Å². The van der Waals surface area contributed by atoms with Crippen LogP contribution in [0.25, 0.3) is 31.6 Å². The van der Waals surface area contributed by atoms with Crippen molar-refractivity contribution in [2.45, 2.75) is 39.0 Å². The predicted octanol–water partition coefficient (Wildman–Crippen LogP) is 7.78. The van der Waals surface area contributed by atoms with Crippen LogP contribution in [-0.2, 0) is 6.42 Å². The van der Waals surface area contributed by atoms with Crippen LogP contribution in [0.5, 0.6) is 0 Å². The van der Waals surface area contributed by atoms with E-state index < -0.39 is 0 Å². The van der Waals surface area contributed by atoms with E-state index in [1.165, 1.54) is 51.4 Å². The first-order valence-corrected chi connectivity index (χ1v) is 12.0. The van der Waals surface area contributed by atoms with Gasteiger partial charge in [-0.3, -0.25) is 0 Å². The Morgan fingerprint density at radius 2 is 1.48 bits per heavy atom. The zero-order chi connectivity index (χ0) is 18.5. The van der Waals surface area contributed by atoms with Crippen LogP contribution in [0.1, 0.15) is 38.2 Å². The lowest BCUT2D eigenvalue weighted by Crippen LogP contribution is -1.95. The molecule has 0 atom stereocenters. The maximum atomic E-state index is 4.71. The van der Waals surface area contributed by atoms with Crippen LogP contribution in [0.2, 0.25) is 0 Å². The van der Waals surface area contributed by atoms with E-state index in [1.54, 1.807) is 29.0 Å². The number of unbranched alkanes of at least 4 members (excludes halogenated alkanes) is 3. The van der Waals surface area contributed by atoms with Crippen molar-refractivity contribution in [1.82, 2.24) is 9.97 Å². The number of rotatable bonds is 8. The van der Waals surface area contributed by atoms with Gasteiger partial charge in [-0.25, -0.2) is 9.97 Å². The van der Waals surface area contributed by atoms with Crippen molar-refractivity contribution in [3.8, 4) is 31.6 Å². The van der Waals surface area contributed by atoms with Gasteiger partial charge in [0.25, 0.3) is 0 Å². The Hall–Kier alpha value is -1.82. The lowest BCUT2D eigenvalue weighted by Gasteiger charge is -2.12. The van der Waals surface area contributed by atoms with E-state index in [0.29, 0.717) is 0 Å². The minimum Gasteiger partial charge on any atom is -0.235 e. The molecule has 4 heterocycles. The molecule has 2 nitrogen and oxygen atoms in total. The molecule has 5 heteroatoms. The largest absolute Gasteiger partial charge is 0.235 e. The molecular formula is C22H22N2S3. The SMILES string of the molecule is CCCCCCc1ccsc1-c1c(-c2cccs2)ncnc1-c1cccs1. The fourth-order valence-corrected chi connectivity index (χ4v) is 5.75. The number of thiophene rings is 3. The monoisotopic (exact) mass is 410 g/mol. The molecule has 4 aromatic rings. The zero-order valence-electron chi connectivity index (χ0n) is 15.4. The standard InChI is InChI=1S/C22H22N2S3/c1-2-3-4-5-8-16-11-14-27-22(16)19-20(17-9-6-12-25-17)23-15-24-21(19)18-10-7-13-26-18/h6-7,9-15H,2-5,8H2,1H3. The van der Waals surface area contributed by atoms with E-state index in [0.717, 1.165) is 17.8 Å². The van der Waals surface area contributed by atoms with Gasteiger partial charge >= 0.3 is 0 Å². The topological polar surface area (TPSA) is 25.8 Å². The third kappa shape index (κ3) is 4.05. The molecule has 4 rings (SSSR count). The second-order valence-corrected chi connectivity index (χ2v) is 9.30. The molecule has 4 aromatic heterocycles. The zero-order valence-corrected chi connectivity index (χ0v) is 17.8. The Morgan fingerprint density at radius 1 is 0.778 bits per heavy atom. The highest BCUT2D eigenvalue weighted by Gasteiger charge is 2.21. The molecule has 0 aliphatic heterocycles. The van der Waals surface area contributed by atoms with Crippen LogP contribution < -0.4 is 0 Å². The molecule has 0 saturated heterocycles. The second-order valence-electron chi connectivity index (χ2n) is 6.49. The third-order valence-corrected chi connectivity index (χ3v) is 7.36. The van der Waals surface area contributed by atoms with E-state index in [-0.39, 0.29) is 0 Å². The van der Waals surface area contributed by atoms with E-state index in [4.69, 9.17) is 9.97 Å². The van der Waals surface area contributed by atoms with Crippen LogP contribution >= 0.6 is 34.0 Å². The summed E-state index contributed by atoms with van der Waals surface area (Å²) in [4.78, 5) is 13.2. The lowest BCUT2D eigenvalue weighted by atomic mass is 10.0. The minimum absolute atomic E-state index is 1.06. The average molecular weight is 411 g/mol. The molecule has 0 aliphatic rings. The predicted molar refractivity (Wildman–Crippen MR) is 120 cm³/mol. The van der Waals surface area contributed by atoms with Crippen molar-refractivity contribution in [3.63, 3.8) is 0 Å². The van der Waals surface area contributed by atoms with Gasteiger partial charge in [-0.1, -0.05) is 38.3 Å². The van der Waals surface area contributed by atoms with Crippen LogP contribution in [0.4, 0.5) is 0 Å². The third-order valence-electron chi connectivity index (χ3n) is 4.63. The van der Waals surface area contributed by atoms with Crippen molar-refractivity contribution >= 4 is 34.0 Å². The van der Waals surface area contributed by atoms with Gasteiger partial charge in [0.2, 0.25) is 0 Å². The quantitative estimate of drug-likeness (QED) is 0.277. The van der Waals surface area contributed by atoms with Gasteiger partial charge in [-0.05, 0) is 52.7 Å². The first kappa shape index (κ1) is 18.5. The highest BCUT2D eigenvalue weighted by molar-refractivity contribution is 7.15. The van der Waals surface area contributed by atoms with Crippen LogP contribution in [-0.4, -0.2) is 9.97 Å². The number of nitrogens with zero attached hydrogens (tertiary/aromatic N) is 2. The van der Waals surface area contributed by atoms with Crippen LogP contribution in [0.3, 0.4) is 0 Å². The van der Waals surface area contributed by atoms with Crippen molar-refractivity contribution in [2.75, 3.05) is 0 Å². The number of aromatic nitrogens is 2. The van der Waals surface area contributed by atoms with Gasteiger partial charge in [-0.15, -0.1) is 34.0 Å². The van der Waals surface area contributed by atoms with Gasteiger partial charge in [0.05, 0.1) is 21.1 Å². The van der Waals surface area contributed by atoms with Gasteiger partial charge in [0.15, 0.2) is 0 Å². The summed E-state index contributed by atoms with van der Waals surface area (Å²) in [5, 5.41) is 6.45. The summed E-state index contributed by atoms with van der Waals surface area (Å²) in [6.45, 7) is 2.26. The molecule has 0 amide bonds. The normalized spacial score (nSPS) is 11.1. The summed E-state index contributed by atoms with van der Waals surface area (Å²) in [6, 6.07) is 10.8. The number of hydrogen-bond donors (Lipinski definition) is 0. The molecule has 0 fully saturated rings. The van der Waals surface area contributed by atoms with E-state index in [2.05, 4.69) is 53.4 Å². The highest BCUT2D eigenvalue weighted by Crippen LogP contribution is 2.43. The van der Waals surface area contributed by atoms with Gasteiger partial charge < -0.3 is 0 Å². The highest BCUT2D eigenvalue weighted by atomic mass is 32.1. The summed E-state index contributed by atoms with van der Waals surface area (Å²) in [5.41, 5.74) is 4.74. The van der Waals surface area contributed by atoms with E-state index >= 15 is 0 Å². The molecule has 0 unspecified atom stereocenters. The number of aryl methyl sites for hydroxylation is 1. The van der Waals surface area contributed by atoms with Crippen molar-refractivity contribution in [3.05, 3.63) is 58.4 Å². The Bertz CT molecular complexity index is 917. The molecular weight excluding hydrogens is 388 g/mol.